The number of rotatable bonds is 5. The van der Waals surface area contributed by atoms with Crippen LogP contribution < -0.4 is 0 Å². The number of halogens is 1. The molecule has 3 rings (SSSR count). The largest absolute Gasteiger partial charge is 0.372 e. The summed E-state index contributed by atoms with van der Waals surface area (Å²) in [6, 6.07) is 0. The second-order valence-electron chi connectivity index (χ2n) is 5.46. The van der Waals surface area contributed by atoms with E-state index in [0.717, 1.165) is 48.9 Å². The predicted molar refractivity (Wildman–Crippen MR) is 79.9 cm³/mol. The van der Waals surface area contributed by atoms with Gasteiger partial charge in [0.05, 0.1) is 41.6 Å². The van der Waals surface area contributed by atoms with Gasteiger partial charge in [0, 0.05) is 32.9 Å². The minimum absolute atomic E-state index is 0.323. The molecule has 21 heavy (non-hydrogen) atoms. The van der Waals surface area contributed by atoms with E-state index in [-0.39, 0.29) is 0 Å². The number of H-pyrrole nitrogens is 1. The molecule has 3 heterocycles. The molecule has 2 aromatic heterocycles. The Morgan fingerprint density at radius 3 is 2.86 bits per heavy atom. The lowest BCUT2D eigenvalue weighted by Gasteiger charge is -2.31. The molecular formula is C14H20ClN5O. The number of imidazole rings is 1. The van der Waals surface area contributed by atoms with Gasteiger partial charge in [0.25, 0.3) is 0 Å². The average molecular weight is 310 g/mol. The maximum absolute atomic E-state index is 6.16. The third kappa shape index (κ3) is 3.84. The average Bonchev–Trinajstić information content (AvgIpc) is 3.08. The molecule has 0 aliphatic carbocycles. The highest BCUT2D eigenvalue weighted by Crippen LogP contribution is 2.20. The van der Waals surface area contributed by atoms with E-state index in [0.29, 0.717) is 12.7 Å². The van der Waals surface area contributed by atoms with Crippen molar-refractivity contribution in [3.8, 4) is 0 Å². The van der Waals surface area contributed by atoms with Gasteiger partial charge >= 0.3 is 0 Å². The maximum atomic E-state index is 6.16. The fraction of sp³-hybridized carbons (Fsp3) is 0.571. The maximum Gasteiger partial charge on any atom is 0.0950 e. The molecule has 1 aliphatic heterocycles. The van der Waals surface area contributed by atoms with Crippen molar-refractivity contribution in [1.82, 2.24) is 24.6 Å². The number of piperidine rings is 1. The summed E-state index contributed by atoms with van der Waals surface area (Å²) in [5, 5.41) is 5.14. The molecule has 0 aromatic carbocycles. The number of nitrogens with one attached hydrogen (secondary N) is 1. The second-order valence-corrected chi connectivity index (χ2v) is 5.87. The van der Waals surface area contributed by atoms with Crippen LogP contribution in [0.5, 0.6) is 0 Å². The number of hydrogen-bond acceptors (Lipinski definition) is 4. The van der Waals surface area contributed by atoms with Gasteiger partial charge in [0.15, 0.2) is 0 Å². The van der Waals surface area contributed by atoms with Gasteiger partial charge in [-0.05, 0) is 12.8 Å². The van der Waals surface area contributed by atoms with Gasteiger partial charge in [-0.1, -0.05) is 11.6 Å². The lowest BCUT2D eigenvalue weighted by molar-refractivity contribution is -0.00532. The van der Waals surface area contributed by atoms with Crippen molar-refractivity contribution in [1.29, 1.82) is 0 Å². The summed E-state index contributed by atoms with van der Waals surface area (Å²) in [4.78, 5) is 9.42. The molecule has 114 valence electrons. The Hall–Kier alpha value is -1.37. The molecule has 0 radical (unpaired) electrons. The Morgan fingerprint density at radius 2 is 2.24 bits per heavy atom. The van der Waals surface area contributed by atoms with Crippen molar-refractivity contribution < 1.29 is 4.74 Å². The van der Waals surface area contributed by atoms with Crippen molar-refractivity contribution >= 4 is 11.6 Å². The Kier molecular flexibility index (Phi) is 4.57. The van der Waals surface area contributed by atoms with Crippen molar-refractivity contribution in [2.75, 3.05) is 13.1 Å². The van der Waals surface area contributed by atoms with E-state index >= 15 is 0 Å². The molecule has 0 amide bonds. The minimum Gasteiger partial charge on any atom is -0.372 e. The molecule has 0 saturated carbocycles. The van der Waals surface area contributed by atoms with Gasteiger partial charge in [-0.3, -0.25) is 9.58 Å². The summed E-state index contributed by atoms with van der Waals surface area (Å²) in [5.41, 5.74) is 1.98. The summed E-state index contributed by atoms with van der Waals surface area (Å²) in [6.45, 7) is 3.45. The topological polar surface area (TPSA) is 59.0 Å². The van der Waals surface area contributed by atoms with Crippen LogP contribution in [0.1, 0.15) is 24.2 Å². The Labute approximate surface area is 129 Å². The first-order chi connectivity index (χ1) is 10.2. The van der Waals surface area contributed by atoms with Crippen molar-refractivity contribution in [3.63, 3.8) is 0 Å². The highest BCUT2D eigenvalue weighted by molar-refractivity contribution is 6.31. The van der Waals surface area contributed by atoms with Crippen molar-refractivity contribution in [2.45, 2.75) is 32.1 Å². The highest BCUT2D eigenvalue weighted by atomic mass is 35.5. The van der Waals surface area contributed by atoms with Crippen LogP contribution in [0.25, 0.3) is 0 Å². The molecular weight excluding hydrogens is 290 g/mol. The molecule has 1 fully saturated rings. The van der Waals surface area contributed by atoms with Gasteiger partial charge in [0.2, 0.25) is 0 Å². The van der Waals surface area contributed by atoms with Crippen molar-refractivity contribution in [3.05, 3.63) is 35.1 Å². The van der Waals surface area contributed by atoms with Crippen LogP contribution in [0.3, 0.4) is 0 Å². The van der Waals surface area contributed by atoms with Crippen LogP contribution >= 0.6 is 11.6 Å². The van der Waals surface area contributed by atoms with E-state index in [1.807, 2.05) is 13.2 Å². The van der Waals surface area contributed by atoms with Crippen LogP contribution in [0.2, 0.25) is 5.02 Å². The third-order valence-electron chi connectivity index (χ3n) is 3.79. The predicted octanol–water partition coefficient (Wildman–Crippen LogP) is 1.98. The zero-order valence-electron chi connectivity index (χ0n) is 12.1. The zero-order chi connectivity index (χ0) is 14.7. The van der Waals surface area contributed by atoms with E-state index < -0.39 is 0 Å². The SMILES string of the molecule is Cn1cc(Cl)c(CN2CCC(OCc3cnc[nH]3)CC2)n1. The monoisotopic (exact) mass is 309 g/mol. The quantitative estimate of drug-likeness (QED) is 0.917. The van der Waals surface area contributed by atoms with Crippen molar-refractivity contribution in [2.24, 2.45) is 7.05 Å². The van der Waals surface area contributed by atoms with E-state index in [2.05, 4.69) is 20.0 Å². The zero-order valence-corrected chi connectivity index (χ0v) is 12.9. The van der Waals surface area contributed by atoms with E-state index in [1.54, 1.807) is 17.2 Å². The lowest BCUT2D eigenvalue weighted by atomic mass is 10.1. The first-order valence-corrected chi connectivity index (χ1v) is 7.58. The summed E-state index contributed by atoms with van der Waals surface area (Å²) >= 11 is 6.16. The van der Waals surface area contributed by atoms with Crippen LogP contribution in [-0.4, -0.2) is 43.8 Å². The summed E-state index contributed by atoms with van der Waals surface area (Å²) in [6.07, 6.45) is 7.73. The van der Waals surface area contributed by atoms with Crippen LogP contribution in [0.15, 0.2) is 18.7 Å². The first-order valence-electron chi connectivity index (χ1n) is 7.20. The fourth-order valence-corrected chi connectivity index (χ4v) is 2.87. The molecule has 0 spiro atoms. The number of hydrogen-bond donors (Lipinski definition) is 1. The lowest BCUT2D eigenvalue weighted by Crippen LogP contribution is -2.36. The molecule has 2 aromatic rings. The first kappa shape index (κ1) is 14.6. The Bertz CT molecular complexity index is 560. The fourth-order valence-electron chi connectivity index (χ4n) is 2.63. The molecule has 1 saturated heterocycles. The van der Waals surface area contributed by atoms with Crippen LogP contribution in [0, 0.1) is 0 Å². The number of ether oxygens (including phenoxy) is 1. The number of nitrogens with zero attached hydrogens (tertiary/aromatic N) is 4. The molecule has 1 N–H and O–H groups in total. The van der Waals surface area contributed by atoms with E-state index in [1.165, 1.54) is 0 Å². The molecule has 6 nitrogen and oxygen atoms in total. The number of aryl methyl sites for hydroxylation is 1. The van der Waals surface area contributed by atoms with Gasteiger partial charge < -0.3 is 9.72 Å². The van der Waals surface area contributed by atoms with E-state index in [4.69, 9.17) is 16.3 Å². The van der Waals surface area contributed by atoms with Crippen LogP contribution in [0.4, 0.5) is 0 Å². The third-order valence-corrected chi connectivity index (χ3v) is 4.11. The second kappa shape index (κ2) is 6.60. The number of likely N-dealkylation sites (tertiary alicyclic amines) is 1. The van der Waals surface area contributed by atoms with Gasteiger partial charge in [-0.2, -0.15) is 5.10 Å². The smallest absolute Gasteiger partial charge is 0.0950 e. The molecule has 0 atom stereocenters. The Balaban J connectivity index is 1.43. The van der Waals surface area contributed by atoms with Gasteiger partial charge in [-0.25, -0.2) is 4.98 Å². The Morgan fingerprint density at radius 1 is 1.43 bits per heavy atom. The molecule has 0 bridgehead atoms. The van der Waals surface area contributed by atoms with Gasteiger partial charge in [-0.15, -0.1) is 0 Å². The minimum atomic E-state index is 0.323. The molecule has 0 unspecified atom stereocenters. The van der Waals surface area contributed by atoms with Crippen LogP contribution in [-0.2, 0) is 24.9 Å². The van der Waals surface area contributed by atoms with Gasteiger partial charge in [0.1, 0.15) is 0 Å². The summed E-state index contributed by atoms with van der Waals surface area (Å²) in [5.74, 6) is 0. The summed E-state index contributed by atoms with van der Waals surface area (Å²) in [7, 11) is 1.89. The normalized spacial score (nSPS) is 17.4. The summed E-state index contributed by atoms with van der Waals surface area (Å²) < 4.78 is 7.67. The molecule has 7 heteroatoms. The molecule has 1 aliphatic rings. The standard InChI is InChI=1S/C14H20ClN5O/c1-19-7-13(15)14(18-19)8-20-4-2-12(3-5-20)21-9-11-6-16-10-17-11/h6-7,10,12H,2-5,8-9H2,1H3,(H,16,17). The van der Waals surface area contributed by atoms with E-state index in [9.17, 15) is 0 Å². The number of aromatic amines is 1. The highest BCUT2D eigenvalue weighted by Gasteiger charge is 2.21. The number of aromatic nitrogens is 4.